The van der Waals surface area contributed by atoms with Crippen LogP contribution >= 0.6 is 0 Å². The summed E-state index contributed by atoms with van der Waals surface area (Å²) in [6.45, 7) is 1.19. The quantitative estimate of drug-likeness (QED) is 0.650. The van der Waals surface area contributed by atoms with Gasteiger partial charge in [-0.3, -0.25) is 9.69 Å². The summed E-state index contributed by atoms with van der Waals surface area (Å²) in [6, 6.07) is 0. The summed E-state index contributed by atoms with van der Waals surface area (Å²) in [5.41, 5.74) is 0. The third-order valence-electron chi connectivity index (χ3n) is 2.18. The lowest BCUT2D eigenvalue weighted by atomic mass is 10.4. The molecule has 6 nitrogen and oxygen atoms in total. The predicted molar refractivity (Wildman–Crippen MR) is 59.6 cm³/mol. The van der Waals surface area contributed by atoms with E-state index in [4.69, 9.17) is 5.11 Å². The van der Waals surface area contributed by atoms with Gasteiger partial charge in [0.15, 0.2) is 0 Å². The zero-order valence-electron chi connectivity index (χ0n) is 9.68. The van der Waals surface area contributed by atoms with E-state index in [0.29, 0.717) is 19.6 Å². The minimum atomic E-state index is -0.0919. The van der Waals surface area contributed by atoms with Crippen LogP contribution in [0.1, 0.15) is 5.82 Å². The Bertz CT molecular complexity index is 337. The molecular formula is C10H18N4O2. The molecule has 0 aliphatic carbocycles. The third kappa shape index (κ3) is 4.00. The van der Waals surface area contributed by atoms with E-state index in [9.17, 15) is 4.79 Å². The first kappa shape index (κ1) is 12.7. The predicted octanol–water partition coefficient (Wildman–Crippen LogP) is -1.04. The van der Waals surface area contributed by atoms with Gasteiger partial charge in [0.1, 0.15) is 5.82 Å². The van der Waals surface area contributed by atoms with Crippen molar-refractivity contribution in [1.82, 2.24) is 19.8 Å². The molecule has 6 heteroatoms. The van der Waals surface area contributed by atoms with Gasteiger partial charge in [-0.1, -0.05) is 0 Å². The SMILES string of the molecule is CN(CC(=O)NCCO)Cc1nccn1C. The molecule has 0 bridgehead atoms. The van der Waals surface area contributed by atoms with Gasteiger partial charge in [-0.15, -0.1) is 0 Å². The Kier molecular flexibility index (Phi) is 4.94. The van der Waals surface area contributed by atoms with Crippen LogP contribution in [0.25, 0.3) is 0 Å². The van der Waals surface area contributed by atoms with Crippen molar-refractivity contribution in [2.75, 3.05) is 26.7 Å². The third-order valence-corrected chi connectivity index (χ3v) is 2.18. The molecule has 1 aromatic rings. The van der Waals surface area contributed by atoms with Crippen molar-refractivity contribution in [3.05, 3.63) is 18.2 Å². The van der Waals surface area contributed by atoms with E-state index in [1.165, 1.54) is 0 Å². The number of carbonyl (C=O) groups excluding carboxylic acids is 1. The number of rotatable bonds is 6. The summed E-state index contributed by atoms with van der Waals surface area (Å²) < 4.78 is 1.92. The largest absolute Gasteiger partial charge is 0.395 e. The Hall–Kier alpha value is -1.40. The average Bonchev–Trinajstić information content (AvgIpc) is 2.61. The standard InChI is InChI=1S/C10H18N4O2/c1-13(8-10(16)12-4-6-15)7-9-11-3-5-14(9)2/h3,5,15H,4,6-8H2,1-2H3,(H,12,16). The van der Waals surface area contributed by atoms with Crippen molar-refractivity contribution >= 4 is 5.91 Å². The van der Waals surface area contributed by atoms with Crippen molar-refractivity contribution < 1.29 is 9.90 Å². The number of hydrogen-bond acceptors (Lipinski definition) is 4. The molecule has 0 saturated heterocycles. The number of hydrogen-bond donors (Lipinski definition) is 2. The fraction of sp³-hybridized carbons (Fsp3) is 0.600. The Morgan fingerprint density at radius 1 is 1.69 bits per heavy atom. The number of amides is 1. The maximum absolute atomic E-state index is 11.3. The first-order chi connectivity index (χ1) is 7.63. The summed E-state index contributed by atoms with van der Waals surface area (Å²) in [7, 11) is 3.77. The highest BCUT2D eigenvalue weighted by molar-refractivity contribution is 5.77. The number of nitrogens with one attached hydrogen (secondary N) is 1. The normalized spacial score (nSPS) is 10.8. The van der Waals surface area contributed by atoms with Crippen LogP contribution in [-0.4, -0.2) is 52.2 Å². The molecule has 0 unspecified atom stereocenters. The smallest absolute Gasteiger partial charge is 0.234 e. The molecule has 0 fully saturated rings. The van der Waals surface area contributed by atoms with Crippen molar-refractivity contribution in [2.24, 2.45) is 7.05 Å². The first-order valence-corrected chi connectivity index (χ1v) is 5.15. The number of aryl methyl sites for hydroxylation is 1. The maximum Gasteiger partial charge on any atom is 0.234 e. The van der Waals surface area contributed by atoms with E-state index in [2.05, 4.69) is 10.3 Å². The molecule has 0 spiro atoms. The van der Waals surface area contributed by atoms with Gasteiger partial charge in [-0.25, -0.2) is 4.98 Å². The Labute approximate surface area is 94.9 Å². The Balaban J connectivity index is 2.33. The van der Waals surface area contributed by atoms with Gasteiger partial charge in [-0.2, -0.15) is 0 Å². The molecular weight excluding hydrogens is 208 g/mol. The highest BCUT2D eigenvalue weighted by Crippen LogP contribution is 1.98. The Morgan fingerprint density at radius 3 is 3.00 bits per heavy atom. The number of nitrogens with zero attached hydrogens (tertiary/aromatic N) is 3. The van der Waals surface area contributed by atoms with Crippen LogP contribution in [0.2, 0.25) is 0 Å². The van der Waals surface area contributed by atoms with Crippen molar-refractivity contribution in [3.8, 4) is 0 Å². The highest BCUT2D eigenvalue weighted by atomic mass is 16.3. The lowest BCUT2D eigenvalue weighted by Crippen LogP contribution is -2.36. The van der Waals surface area contributed by atoms with E-state index in [0.717, 1.165) is 5.82 Å². The molecule has 0 aliphatic heterocycles. The summed E-state index contributed by atoms with van der Waals surface area (Å²) in [4.78, 5) is 17.4. The molecule has 1 rings (SSSR count). The number of aliphatic hydroxyl groups excluding tert-OH is 1. The second kappa shape index (κ2) is 6.24. The van der Waals surface area contributed by atoms with Crippen LogP contribution in [0, 0.1) is 0 Å². The molecule has 0 atom stereocenters. The molecule has 90 valence electrons. The fourth-order valence-corrected chi connectivity index (χ4v) is 1.34. The van der Waals surface area contributed by atoms with Crippen molar-refractivity contribution in [1.29, 1.82) is 0 Å². The van der Waals surface area contributed by atoms with Gasteiger partial charge in [0.25, 0.3) is 0 Å². The number of aliphatic hydroxyl groups is 1. The summed E-state index contributed by atoms with van der Waals surface area (Å²) in [6.07, 6.45) is 3.60. The average molecular weight is 226 g/mol. The van der Waals surface area contributed by atoms with Crippen LogP contribution in [0.15, 0.2) is 12.4 Å². The lowest BCUT2D eigenvalue weighted by Gasteiger charge is -2.15. The van der Waals surface area contributed by atoms with Gasteiger partial charge in [-0.05, 0) is 7.05 Å². The van der Waals surface area contributed by atoms with E-state index in [1.807, 2.05) is 29.8 Å². The minimum absolute atomic E-state index is 0.0329. The minimum Gasteiger partial charge on any atom is -0.395 e. The fourth-order valence-electron chi connectivity index (χ4n) is 1.34. The van der Waals surface area contributed by atoms with Gasteiger partial charge in [0.05, 0.1) is 19.7 Å². The second-order valence-corrected chi connectivity index (χ2v) is 3.70. The molecule has 0 aromatic carbocycles. The number of imidazole rings is 1. The number of aromatic nitrogens is 2. The lowest BCUT2D eigenvalue weighted by molar-refractivity contribution is -0.122. The molecule has 0 aliphatic rings. The van der Waals surface area contributed by atoms with E-state index >= 15 is 0 Å². The van der Waals surface area contributed by atoms with Crippen LogP contribution in [0.5, 0.6) is 0 Å². The van der Waals surface area contributed by atoms with Gasteiger partial charge in [0.2, 0.25) is 5.91 Å². The highest BCUT2D eigenvalue weighted by Gasteiger charge is 2.08. The zero-order valence-corrected chi connectivity index (χ0v) is 9.68. The van der Waals surface area contributed by atoms with Crippen molar-refractivity contribution in [2.45, 2.75) is 6.54 Å². The zero-order chi connectivity index (χ0) is 12.0. The number of likely N-dealkylation sites (N-methyl/N-ethyl adjacent to an activating group) is 1. The van der Waals surface area contributed by atoms with Crippen LogP contribution < -0.4 is 5.32 Å². The summed E-state index contributed by atoms with van der Waals surface area (Å²) in [5.74, 6) is 0.822. The van der Waals surface area contributed by atoms with E-state index in [-0.39, 0.29) is 12.5 Å². The monoisotopic (exact) mass is 226 g/mol. The molecule has 1 amide bonds. The second-order valence-electron chi connectivity index (χ2n) is 3.70. The Morgan fingerprint density at radius 2 is 2.44 bits per heavy atom. The van der Waals surface area contributed by atoms with E-state index in [1.54, 1.807) is 6.20 Å². The van der Waals surface area contributed by atoms with Crippen LogP contribution in [-0.2, 0) is 18.4 Å². The maximum atomic E-state index is 11.3. The van der Waals surface area contributed by atoms with Crippen LogP contribution in [0.3, 0.4) is 0 Å². The first-order valence-electron chi connectivity index (χ1n) is 5.15. The molecule has 1 aromatic heterocycles. The van der Waals surface area contributed by atoms with Gasteiger partial charge in [0, 0.05) is 26.0 Å². The molecule has 1 heterocycles. The topological polar surface area (TPSA) is 70.4 Å². The molecule has 0 saturated carbocycles. The van der Waals surface area contributed by atoms with Crippen molar-refractivity contribution in [3.63, 3.8) is 0 Å². The van der Waals surface area contributed by atoms with Gasteiger partial charge >= 0.3 is 0 Å². The summed E-state index contributed by atoms with van der Waals surface area (Å²) >= 11 is 0. The molecule has 2 N–H and O–H groups in total. The van der Waals surface area contributed by atoms with E-state index < -0.39 is 0 Å². The number of carbonyl (C=O) groups is 1. The van der Waals surface area contributed by atoms with Gasteiger partial charge < -0.3 is 15.0 Å². The molecule has 0 radical (unpaired) electrons. The van der Waals surface area contributed by atoms with Crippen LogP contribution in [0.4, 0.5) is 0 Å². The molecule has 16 heavy (non-hydrogen) atoms. The summed E-state index contributed by atoms with van der Waals surface area (Å²) in [5, 5.41) is 11.2.